The maximum Gasteiger partial charge on any atom is 0.150 e. The Labute approximate surface area is 366 Å². The first kappa shape index (κ1) is 39.7. The average Bonchev–Trinajstić information content (AvgIpc) is 3.31. The minimum absolute atomic E-state index is 0.100. The van der Waals surface area contributed by atoms with E-state index in [1.807, 2.05) is 98.8 Å². The summed E-state index contributed by atoms with van der Waals surface area (Å²) in [6.07, 6.45) is 0. The van der Waals surface area contributed by atoms with Crippen LogP contribution in [0.1, 0.15) is 22.3 Å². The van der Waals surface area contributed by atoms with Crippen LogP contribution in [0.2, 0.25) is 0 Å². The lowest BCUT2D eigenvalue weighted by Crippen LogP contribution is -2.14. The molecule has 64 heavy (non-hydrogen) atoms. The van der Waals surface area contributed by atoms with Gasteiger partial charge in [0.15, 0.2) is 0 Å². The lowest BCUT2D eigenvalue weighted by Gasteiger charge is -2.30. The number of hydrogen-bond acceptors (Lipinski definition) is 4. The minimum Gasteiger partial charge on any atom is -0.307 e. The maximum atomic E-state index is 16.5. The molecular weight excluding hydrogens is 805 g/mol. The molecule has 0 saturated heterocycles. The second kappa shape index (κ2) is 15.8. The van der Waals surface area contributed by atoms with Crippen LogP contribution in [-0.4, -0.2) is 0 Å². The highest BCUT2D eigenvalue weighted by Crippen LogP contribution is 2.49. The first-order valence-electron chi connectivity index (χ1n) is 20.5. The summed E-state index contributed by atoms with van der Waals surface area (Å²) in [5.74, 6) is -2.96. The summed E-state index contributed by atoms with van der Waals surface area (Å²) in [5, 5.41) is 24.3. The fourth-order valence-electron chi connectivity index (χ4n) is 8.93. The lowest BCUT2D eigenvalue weighted by molar-refractivity contribution is 0.585. The maximum absolute atomic E-state index is 16.5. The van der Waals surface area contributed by atoms with Crippen molar-refractivity contribution < 1.29 is 17.6 Å². The lowest BCUT2D eigenvalue weighted by atomic mass is 9.91. The Kier molecular flexibility index (Phi) is 9.78. The van der Waals surface area contributed by atoms with E-state index in [9.17, 15) is 10.5 Å². The highest BCUT2D eigenvalue weighted by molar-refractivity contribution is 6.28. The van der Waals surface area contributed by atoms with Crippen LogP contribution in [0.25, 0.3) is 54.6 Å². The van der Waals surface area contributed by atoms with Crippen molar-refractivity contribution in [3.63, 3.8) is 0 Å². The third kappa shape index (κ3) is 6.61. The molecule has 0 fully saturated rings. The molecule has 0 aromatic heterocycles. The summed E-state index contributed by atoms with van der Waals surface area (Å²) >= 11 is 0. The minimum atomic E-state index is -0.781. The van der Waals surface area contributed by atoms with Crippen LogP contribution < -0.4 is 9.80 Å². The smallest absolute Gasteiger partial charge is 0.150 e. The zero-order valence-corrected chi connectivity index (χ0v) is 34.5. The molecule has 0 aliphatic carbocycles. The van der Waals surface area contributed by atoms with Crippen molar-refractivity contribution in [1.82, 2.24) is 0 Å². The molecule has 8 heteroatoms. The van der Waals surface area contributed by atoms with Crippen molar-refractivity contribution in [3.05, 3.63) is 215 Å². The normalized spacial score (nSPS) is 11.2. The third-order valence-corrected chi connectivity index (χ3v) is 12.0. The van der Waals surface area contributed by atoms with E-state index in [1.54, 1.807) is 70.5 Å². The van der Waals surface area contributed by atoms with E-state index in [2.05, 4.69) is 12.1 Å². The number of aryl methyl sites for hydroxylation is 2. The number of hydrogen-bond donors (Lipinski definition) is 0. The molecule has 0 aliphatic heterocycles. The van der Waals surface area contributed by atoms with E-state index >= 15 is 17.6 Å². The number of nitrogens with zero attached hydrogens (tertiary/aromatic N) is 4. The Bertz CT molecular complexity index is 3310. The molecule has 0 spiro atoms. The molecule has 0 atom stereocenters. The highest BCUT2D eigenvalue weighted by atomic mass is 19.1. The quantitative estimate of drug-likeness (QED) is 0.113. The fourth-order valence-corrected chi connectivity index (χ4v) is 8.93. The van der Waals surface area contributed by atoms with Gasteiger partial charge in [0, 0.05) is 45.4 Å². The van der Waals surface area contributed by atoms with E-state index < -0.39 is 23.3 Å². The standard InChI is InChI=1S/C56H34F4N4/c1-33-7-3-5-9-41(33)45-27-53(49(59)29-47(45)57)63(39-19-11-35(31-61)12-20-39)51-25-17-37-16-24-44-52(26-18-38-15-23-43(51)55(37)56(38)44)64(40-21-13-36(32-62)14-22-40)54-28-46(48(58)30-50(54)60)42-10-6-4-8-34(42)2/h3-30H,1-2H3. The predicted molar refractivity (Wildman–Crippen MR) is 249 cm³/mol. The Balaban J connectivity index is 1.24. The summed E-state index contributed by atoms with van der Waals surface area (Å²) in [5.41, 5.74) is 6.67. The van der Waals surface area contributed by atoms with Crippen molar-refractivity contribution in [2.45, 2.75) is 13.8 Å². The van der Waals surface area contributed by atoms with Gasteiger partial charge in [-0.1, -0.05) is 84.9 Å². The molecule has 0 bridgehead atoms. The van der Waals surface area contributed by atoms with Crippen LogP contribution in [0.5, 0.6) is 0 Å². The average molecular weight is 839 g/mol. The SMILES string of the molecule is Cc1ccccc1-c1cc(N(c2ccc(C#N)cc2)c2ccc3ccc4c(N(c5ccc(C#N)cc5)c5cc(-c6ccccc6C)c(F)cc5F)ccc5ccc2c3c54)c(F)cc1F. The monoisotopic (exact) mass is 838 g/mol. The molecule has 10 rings (SSSR count). The molecule has 0 unspecified atom stereocenters. The number of rotatable bonds is 8. The first-order valence-corrected chi connectivity index (χ1v) is 20.5. The third-order valence-electron chi connectivity index (χ3n) is 12.0. The Hall–Kier alpha value is -8.46. The Morgan fingerprint density at radius 1 is 0.375 bits per heavy atom. The first-order chi connectivity index (χ1) is 31.1. The van der Waals surface area contributed by atoms with Crippen molar-refractivity contribution in [2.75, 3.05) is 9.80 Å². The van der Waals surface area contributed by atoms with Gasteiger partial charge in [0.1, 0.15) is 23.3 Å². The molecular formula is C56H34F4N4. The van der Waals surface area contributed by atoms with Crippen LogP contribution in [0, 0.1) is 59.8 Å². The van der Waals surface area contributed by atoms with Crippen LogP contribution in [0.15, 0.2) is 170 Å². The van der Waals surface area contributed by atoms with Gasteiger partial charge in [0.2, 0.25) is 0 Å². The summed E-state index contributed by atoms with van der Waals surface area (Å²) in [7, 11) is 0. The Morgan fingerprint density at radius 3 is 1.12 bits per heavy atom. The van der Waals surface area contributed by atoms with Gasteiger partial charge in [-0.05, 0) is 130 Å². The molecule has 0 heterocycles. The molecule has 0 N–H and O–H groups in total. The molecule has 0 aliphatic rings. The van der Waals surface area contributed by atoms with E-state index in [-0.39, 0.29) is 22.5 Å². The molecule has 0 saturated carbocycles. The number of anilines is 6. The number of benzene rings is 10. The second-order valence-electron chi connectivity index (χ2n) is 15.8. The highest BCUT2D eigenvalue weighted by Gasteiger charge is 2.26. The fraction of sp³-hybridized carbons (Fsp3) is 0.0357. The van der Waals surface area contributed by atoms with E-state index in [0.29, 0.717) is 45.0 Å². The summed E-state index contributed by atoms with van der Waals surface area (Å²) in [4.78, 5) is 3.49. The zero-order chi connectivity index (χ0) is 44.2. The topological polar surface area (TPSA) is 54.1 Å². The van der Waals surface area contributed by atoms with Gasteiger partial charge in [0.05, 0.1) is 46.0 Å². The largest absolute Gasteiger partial charge is 0.307 e. The number of nitriles is 2. The van der Waals surface area contributed by atoms with Crippen molar-refractivity contribution in [2.24, 2.45) is 0 Å². The van der Waals surface area contributed by atoms with Gasteiger partial charge in [-0.15, -0.1) is 0 Å². The van der Waals surface area contributed by atoms with Gasteiger partial charge in [-0.25, -0.2) is 17.6 Å². The van der Waals surface area contributed by atoms with Gasteiger partial charge in [0.25, 0.3) is 0 Å². The van der Waals surface area contributed by atoms with E-state index in [4.69, 9.17) is 0 Å². The van der Waals surface area contributed by atoms with Crippen LogP contribution in [0.4, 0.5) is 51.7 Å². The van der Waals surface area contributed by atoms with Crippen molar-refractivity contribution >= 4 is 66.4 Å². The molecule has 0 amide bonds. The van der Waals surface area contributed by atoms with E-state index in [0.717, 1.165) is 55.6 Å². The molecule has 10 aromatic carbocycles. The van der Waals surface area contributed by atoms with Crippen LogP contribution in [0.3, 0.4) is 0 Å². The summed E-state index contributed by atoms with van der Waals surface area (Å²) in [6, 6.07) is 53.1. The van der Waals surface area contributed by atoms with Crippen molar-refractivity contribution in [3.8, 4) is 34.4 Å². The summed E-state index contributed by atoms with van der Waals surface area (Å²) in [6.45, 7) is 3.75. The predicted octanol–water partition coefficient (Wildman–Crippen LogP) is 15.8. The zero-order valence-electron chi connectivity index (χ0n) is 34.5. The molecule has 10 aromatic rings. The Morgan fingerprint density at radius 2 is 0.750 bits per heavy atom. The van der Waals surface area contributed by atoms with Crippen molar-refractivity contribution in [1.29, 1.82) is 10.5 Å². The van der Waals surface area contributed by atoms with E-state index in [1.165, 1.54) is 12.1 Å². The molecule has 0 radical (unpaired) electrons. The number of halogens is 4. The second-order valence-corrected chi connectivity index (χ2v) is 15.8. The van der Waals surface area contributed by atoms with Crippen LogP contribution in [-0.2, 0) is 0 Å². The van der Waals surface area contributed by atoms with Gasteiger partial charge < -0.3 is 9.80 Å². The molecule has 306 valence electrons. The van der Waals surface area contributed by atoms with Gasteiger partial charge >= 0.3 is 0 Å². The molecule has 4 nitrogen and oxygen atoms in total. The van der Waals surface area contributed by atoms with Gasteiger partial charge in [-0.3, -0.25) is 0 Å². The van der Waals surface area contributed by atoms with Crippen LogP contribution >= 0.6 is 0 Å². The summed E-state index contributed by atoms with van der Waals surface area (Å²) < 4.78 is 64.6. The van der Waals surface area contributed by atoms with Gasteiger partial charge in [-0.2, -0.15) is 10.5 Å².